The van der Waals surface area contributed by atoms with Crippen LogP contribution in [0.15, 0.2) is 77.7 Å². The predicted octanol–water partition coefficient (Wildman–Crippen LogP) is 5.15. The van der Waals surface area contributed by atoms with E-state index in [9.17, 15) is 26.8 Å². The molecule has 0 aliphatic heterocycles. The molecule has 0 aliphatic rings. The van der Waals surface area contributed by atoms with Gasteiger partial charge in [0, 0.05) is 18.2 Å². The summed E-state index contributed by atoms with van der Waals surface area (Å²) in [4.78, 5) is 27.8. The van der Waals surface area contributed by atoms with Crippen LogP contribution in [0.4, 0.5) is 14.5 Å². The standard InChI is InChI=1S/C28H30ClF2N3O4S/c1-4-19(2)32-28(36)20(3)33(17-21-10-8-9-13-25(21)30)27(35)18-34(22-14-15-26(31)24(29)16-22)39(37,38)23-11-6-5-7-12-23/h5-16,19-20H,4,17-18H2,1-3H3,(H,32,36). The fourth-order valence-corrected chi connectivity index (χ4v) is 5.35. The number of nitrogens with one attached hydrogen (secondary N) is 1. The third-order valence-electron chi connectivity index (χ3n) is 6.27. The molecule has 208 valence electrons. The van der Waals surface area contributed by atoms with Gasteiger partial charge in [-0.3, -0.25) is 13.9 Å². The highest BCUT2D eigenvalue weighted by Gasteiger charge is 2.33. The molecule has 39 heavy (non-hydrogen) atoms. The molecule has 0 radical (unpaired) electrons. The van der Waals surface area contributed by atoms with Gasteiger partial charge in [-0.1, -0.05) is 54.9 Å². The Morgan fingerprint density at radius 1 is 0.949 bits per heavy atom. The first-order chi connectivity index (χ1) is 18.4. The summed E-state index contributed by atoms with van der Waals surface area (Å²) in [5.41, 5.74) is 0.0949. The fourth-order valence-electron chi connectivity index (χ4n) is 3.75. The lowest BCUT2D eigenvalue weighted by atomic mass is 10.1. The topological polar surface area (TPSA) is 86.8 Å². The second-order valence-electron chi connectivity index (χ2n) is 9.03. The van der Waals surface area contributed by atoms with Crippen molar-refractivity contribution in [3.8, 4) is 0 Å². The van der Waals surface area contributed by atoms with Crippen LogP contribution in [0.2, 0.25) is 5.02 Å². The third kappa shape index (κ3) is 7.33. The van der Waals surface area contributed by atoms with E-state index in [0.29, 0.717) is 6.42 Å². The molecule has 0 spiro atoms. The first-order valence-corrected chi connectivity index (χ1v) is 14.1. The lowest BCUT2D eigenvalue weighted by Crippen LogP contribution is -2.52. The Morgan fingerprint density at radius 3 is 2.21 bits per heavy atom. The van der Waals surface area contributed by atoms with Crippen LogP contribution in [-0.2, 0) is 26.2 Å². The highest BCUT2D eigenvalue weighted by atomic mass is 35.5. The van der Waals surface area contributed by atoms with E-state index in [2.05, 4.69) is 5.32 Å². The summed E-state index contributed by atoms with van der Waals surface area (Å²) in [5.74, 6) is -2.59. The first-order valence-electron chi connectivity index (χ1n) is 12.3. The summed E-state index contributed by atoms with van der Waals surface area (Å²) < 4.78 is 56.6. The second kappa shape index (κ2) is 13.0. The van der Waals surface area contributed by atoms with Crippen molar-refractivity contribution < 1.29 is 26.8 Å². The van der Waals surface area contributed by atoms with Crippen molar-refractivity contribution in [1.29, 1.82) is 0 Å². The molecule has 0 aromatic heterocycles. The van der Waals surface area contributed by atoms with Crippen molar-refractivity contribution in [1.82, 2.24) is 10.2 Å². The molecule has 7 nitrogen and oxygen atoms in total. The summed E-state index contributed by atoms with van der Waals surface area (Å²) in [6, 6.07) is 15.2. The van der Waals surface area contributed by atoms with Crippen molar-refractivity contribution in [3.63, 3.8) is 0 Å². The second-order valence-corrected chi connectivity index (χ2v) is 11.3. The van der Waals surface area contributed by atoms with Crippen LogP contribution in [-0.4, -0.2) is 43.8 Å². The molecular formula is C28H30ClF2N3O4S. The first kappa shape index (κ1) is 30.0. The average Bonchev–Trinajstić information content (AvgIpc) is 2.92. The van der Waals surface area contributed by atoms with Gasteiger partial charge < -0.3 is 10.2 Å². The van der Waals surface area contributed by atoms with E-state index >= 15 is 0 Å². The predicted molar refractivity (Wildman–Crippen MR) is 147 cm³/mol. The molecule has 3 aromatic carbocycles. The van der Waals surface area contributed by atoms with E-state index in [1.54, 1.807) is 19.1 Å². The number of amides is 2. The van der Waals surface area contributed by atoms with Gasteiger partial charge in [0.05, 0.1) is 15.6 Å². The number of anilines is 1. The lowest BCUT2D eigenvalue weighted by molar-refractivity contribution is -0.139. The van der Waals surface area contributed by atoms with E-state index in [-0.39, 0.29) is 33.8 Å². The van der Waals surface area contributed by atoms with E-state index in [1.807, 2.05) is 6.92 Å². The van der Waals surface area contributed by atoms with Crippen LogP contribution in [0.3, 0.4) is 0 Å². The maximum absolute atomic E-state index is 14.6. The van der Waals surface area contributed by atoms with E-state index in [1.165, 1.54) is 55.5 Å². The number of sulfonamides is 1. The van der Waals surface area contributed by atoms with Gasteiger partial charge in [-0.25, -0.2) is 17.2 Å². The fraction of sp³-hybridized carbons (Fsp3) is 0.286. The summed E-state index contributed by atoms with van der Waals surface area (Å²) in [6.45, 7) is 4.14. The monoisotopic (exact) mass is 577 g/mol. The Hall–Kier alpha value is -3.50. The zero-order valence-electron chi connectivity index (χ0n) is 21.8. The van der Waals surface area contributed by atoms with E-state index in [4.69, 9.17) is 11.6 Å². The molecule has 2 amide bonds. The molecule has 0 saturated carbocycles. The number of nitrogens with zero attached hydrogens (tertiary/aromatic N) is 2. The minimum Gasteiger partial charge on any atom is -0.352 e. The Labute approximate surface area is 232 Å². The lowest BCUT2D eigenvalue weighted by Gasteiger charge is -2.32. The number of hydrogen-bond acceptors (Lipinski definition) is 4. The number of rotatable bonds is 11. The molecule has 1 N–H and O–H groups in total. The molecule has 0 aliphatic carbocycles. The highest BCUT2D eigenvalue weighted by molar-refractivity contribution is 7.92. The number of carbonyl (C=O) groups is 2. The third-order valence-corrected chi connectivity index (χ3v) is 8.35. The maximum Gasteiger partial charge on any atom is 0.264 e. The van der Waals surface area contributed by atoms with Gasteiger partial charge >= 0.3 is 0 Å². The Morgan fingerprint density at radius 2 is 1.59 bits per heavy atom. The van der Waals surface area contributed by atoms with Gasteiger partial charge in [0.1, 0.15) is 24.2 Å². The Kier molecular flexibility index (Phi) is 10.0. The number of hydrogen-bond donors (Lipinski definition) is 1. The van der Waals surface area contributed by atoms with Gasteiger partial charge in [0.25, 0.3) is 10.0 Å². The number of benzene rings is 3. The van der Waals surface area contributed by atoms with E-state index < -0.39 is 46.1 Å². The quantitative estimate of drug-likeness (QED) is 0.342. The minimum atomic E-state index is -4.33. The maximum atomic E-state index is 14.6. The van der Waals surface area contributed by atoms with Gasteiger partial charge in [0.15, 0.2) is 0 Å². The van der Waals surface area contributed by atoms with Crippen molar-refractivity contribution in [2.75, 3.05) is 10.8 Å². The van der Waals surface area contributed by atoms with Crippen molar-refractivity contribution >= 4 is 39.1 Å². The van der Waals surface area contributed by atoms with E-state index in [0.717, 1.165) is 21.3 Å². The van der Waals surface area contributed by atoms with Crippen LogP contribution in [0.1, 0.15) is 32.8 Å². The van der Waals surface area contributed by atoms with Crippen LogP contribution >= 0.6 is 11.6 Å². The smallest absolute Gasteiger partial charge is 0.264 e. The van der Waals surface area contributed by atoms with Gasteiger partial charge in [-0.2, -0.15) is 0 Å². The highest BCUT2D eigenvalue weighted by Crippen LogP contribution is 2.28. The zero-order chi connectivity index (χ0) is 28.7. The molecule has 0 bridgehead atoms. The molecule has 3 rings (SSSR count). The van der Waals surface area contributed by atoms with Crippen molar-refractivity contribution in [2.45, 2.75) is 50.7 Å². The molecule has 2 atom stereocenters. The number of halogens is 3. The van der Waals surface area contributed by atoms with Crippen LogP contribution in [0, 0.1) is 11.6 Å². The minimum absolute atomic E-state index is 0.0545. The summed E-state index contributed by atoms with van der Waals surface area (Å²) in [5, 5.41) is 2.47. The molecule has 0 heterocycles. The molecule has 3 aromatic rings. The van der Waals surface area contributed by atoms with Crippen LogP contribution in [0.5, 0.6) is 0 Å². The van der Waals surface area contributed by atoms with Gasteiger partial charge in [-0.05, 0) is 56.7 Å². The Balaban J connectivity index is 2.05. The van der Waals surface area contributed by atoms with Gasteiger partial charge in [-0.15, -0.1) is 0 Å². The van der Waals surface area contributed by atoms with Crippen LogP contribution in [0.25, 0.3) is 0 Å². The van der Waals surface area contributed by atoms with Crippen LogP contribution < -0.4 is 9.62 Å². The van der Waals surface area contributed by atoms with Gasteiger partial charge in [0.2, 0.25) is 11.8 Å². The van der Waals surface area contributed by atoms with Crippen molar-refractivity contribution in [2.24, 2.45) is 0 Å². The largest absolute Gasteiger partial charge is 0.352 e. The summed E-state index contributed by atoms with van der Waals surface area (Å²) in [6.07, 6.45) is 0.647. The zero-order valence-corrected chi connectivity index (χ0v) is 23.3. The summed E-state index contributed by atoms with van der Waals surface area (Å²) in [7, 11) is -4.33. The Bertz CT molecular complexity index is 1420. The average molecular weight is 578 g/mol. The van der Waals surface area contributed by atoms with Crippen molar-refractivity contribution in [3.05, 3.63) is 95.0 Å². The molecular weight excluding hydrogens is 548 g/mol. The summed E-state index contributed by atoms with van der Waals surface area (Å²) >= 11 is 5.95. The molecule has 0 saturated heterocycles. The molecule has 11 heteroatoms. The molecule has 2 unspecified atom stereocenters. The SMILES string of the molecule is CCC(C)NC(=O)C(C)N(Cc1ccccc1F)C(=O)CN(c1ccc(F)c(Cl)c1)S(=O)(=O)c1ccccc1. The normalized spacial score (nSPS) is 12.9. The number of carbonyl (C=O) groups excluding carboxylic acids is 2. The molecule has 0 fully saturated rings.